The van der Waals surface area contributed by atoms with Crippen LogP contribution in [-0.4, -0.2) is 16.0 Å². The number of oxazole rings is 1. The second-order valence-electron chi connectivity index (χ2n) is 7.92. The summed E-state index contributed by atoms with van der Waals surface area (Å²) >= 11 is 11.4. The molecule has 5 aromatic rings. The number of carbonyl (C=O) groups excluding carboxylic acids is 1. The molecule has 1 amide bonds. The summed E-state index contributed by atoms with van der Waals surface area (Å²) in [4.78, 5) is 17.3. The number of ether oxygens (including phenoxy) is 1. The summed E-state index contributed by atoms with van der Waals surface area (Å²) in [6.07, 6.45) is 0. The van der Waals surface area contributed by atoms with Crippen LogP contribution in [0.4, 0.5) is 5.69 Å². The van der Waals surface area contributed by atoms with Crippen molar-refractivity contribution < 1.29 is 13.9 Å². The Labute approximate surface area is 217 Å². The van der Waals surface area contributed by atoms with Crippen LogP contribution in [0.5, 0.6) is 5.75 Å². The van der Waals surface area contributed by atoms with E-state index < -0.39 is 0 Å². The van der Waals surface area contributed by atoms with Gasteiger partial charge >= 0.3 is 0 Å². The van der Waals surface area contributed by atoms with E-state index in [1.807, 2.05) is 42.5 Å². The van der Waals surface area contributed by atoms with Crippen LogP contribution >= 0.6 is 23.8 Å². The van der Waals surface area contributed by atoms with Crippen molar-refractivity contribution in [3.63, 3.8) is 0 Å². The topological polar surface area (TPSA) is 76.4 Å². The van der Waals surface area contributed by atoms with E-state index in [2.05, 4.69) is 15.6 Å². The number of nitrogens with one attached hydrogen (secondary N) is 2. The fourth-order valence-electron chi connectivity index (χ4n) is 3.56. The Morgan fingerprint density at radius 3 is 2.61 bits per heavy atom. The van der Waals surface area contributed by atoms with Gasteiger partial charge in [-0.1, -0.05) is 54.1 Å². The largest absolute Gasteiger partial charge is 0.489 e. The van der Waals surface area contributed by atoms with Gasteiger partial charge in [-0.3, -0.25) is 10.1 Å². The van der Waals surface area contributed by atoms with E-state index in [1.165, 1.54) is 0 Å². The monoisotopic (exact) mass is 513 g/mol. The maximum atomic E-state index is 12.7. The Morgan fingerprint density at radius 1 is 0.944 bits per heavy atom. The first-order valence-electron chi connectivity index (χ1n) is 11.1. The highest BCUT2D eigenvalue weighted by atomic mass is 35.5. The van der Waals surface area contributed by atoms with E-state index in [0.29, 0.717) is 45.6 Å². The number of hydrogen-bond acceptors (Lipinski definition) is 5. The second kappa shape index (κ2) is 10.6. The number of aromatic nitrogens is 1. The lowest BCUT2D eigenvalue weighted by atomic mass is 10.2. The van der Waals surface area contributed by atoms with Crippen LogP contribution in [0.1, 0.15) is 15.9 Å². The highest BCUT2D eigenvalue weighted by Crippen LogP contribution is 2.27. The van der Waals surface area contributed by atoms with Gasteiger partial charge in [-0.2, -0.15) is 0 Å². The normalized spacial score (nSPS) is 10.7. The molecule has 0 atom stereocenters. The van der Waals surface area contributed by atoms with Crippen LogP contribution in [-0.2, 0) is 6.61 Å². The maximum Gasteiger partial charge on any atom is 0.257 e. The van der Waals surface area contributed by atoms with Gasteiger partial charge in [0.2, 0.25) is 5.89 Å². The lowest BCUT2D eigenvalue weighted by Gasteiger charge is -2.11. The summed E-state index contributed by atoms with van der Waals surface area (Å²) < 4.78 is 11.7. The average molecular weight is 514 g/mol. The van der Waals surface area contributed by atoms with Crippen LogP contribution in [0, 0.1) is 0 Å². The first-order valence-corrected chi connectivity index (χ1v) is 11.9. The first-order chi connectivity index (χ1) is 17.5. The summed E-state index contributed by atoms with van der Waals surface area (Å²) in [5.41, 5.74) is 4.19. The van der Waals surface area contributed by atoms with Crippen LogP contribution in [0.25, 0.3) is 22.6 Å². The summed E-state index contributed by atoms with van der Waals surface area (Å²) in [7, 11) is 0. The minimum atomic E-state index is -0.344. The van der Waals surface area contributed by atoms with E-state index >= 15 is 0 Å². The van der Waals surface area contributed by atoms with Gasteiger partial charge in [0.25, 0.3) is 5.91 Å². The number of thiocarbonyl (C=S) groups is 1. The Morgan fingerprint density at radius 2 is 1.78 bits per heavy atom. The van der Waals surface area contributed by atoms with Gasteiger partial charge in [-0.25, -0.2) is 4.98 Å². The molecule has 0 unspecified atom stereocenters. The van der Waals surface area contributed by atoms with Gasteiger partial charge < -0.3 is 14.5 Å². The SMILES string of the molecule is O=C(NC(=S)Nc1ccc2oc(-c3cccc(Cl)c3)nc2c1)c1cccc(OCc2ccccc2)c1. The van der Waals surface area contributed by atoms with Crippen molar-refractivity contribution >= 4 is 51.6 Å². The molecule has 2 N–H and O–H groups in total. The number of carbonyl (C=O) groups is 1. The van der Waals surface area contributed by atoms with Crippen molar-refractivity contribution in [2.75, 3.05) is 5.32 Å². The van der Waals surface area contributed by atoms with Crippen molar-refractivity contribution in [3.05, 3.63) is 113 Å². The van der Waals surface area contributed by atoms with E-state index in [1.54, 1.807) is 54.6 Å². The zero-order chi connectivity index (χ0) is 24.9. The first kappa shape index (κ1) is 23.5. The van der Waals surface area contributed by atoms with Crippen LogP contribution in [0.15, 0.2) is 101 Å². The third-order valence-electron chi connectivity index (χ3n) is 5.29. The molecule has 6 nitrogen and oxygen atoms in total. The molecule has 4 aromatic carbocycles. The van der Waals surface area contributed by atoms with Gasteiger partial charge in [0.05, 0.1) is 0 Å². The fourth-order valence-corrected chi connectivity index (χ4v) is 3.96. The van der Waals surface area contributed by atoms with Gasteiger partial charge in [0.15, 0.2) is 10.7 Å². The van der Waals surface area contributed by atoms with E-state index in [-0.39, 0.29) is 11.0 Å². The van der Waals surface area contributed by atoms with Crippen molar-refractivity contribution in [1.82, 2.24) is 10.3 Å². The maximum absolute atomic E-state index is 12.7. The van der Waals surface area contributed by atoms with E-state index in [9.17, 15) is 4.79 Å². The molecular formula is C28H20ClN3O3S. The molecule has 0 saturated heterocycles. The van der Waals surface area contributed by atoms with Gasteiger partial charge in [-0.15, -0.1) is 0 Å². The molecule has 178 valence electrons. The Hall–Kier alpha value is -4.20. The summed E-state index contributed by atoms with van der Waals surface area (Å²) in [5, 5.41) is 6.48. The molecule has 1 aromatic heterocycles. The summed E-state index contributed by atoms with van der Waals surface area (Å²) in [5.74, 6) is 0.718. The number of fused-ring (bicyclic) bond motifs is 1. The summed E-state index contributed by atoms with van der Waals surface area (Å²) in [6.45, 7) is 0.412. The van der Waals surface area contributed by atoms with Crippen molar-refractivity contribution in [2.24, 2.45) is 0 Å². The molecular weight excluding hydrogens is 494 g/mol. The molecule has 0 aliphatic heterocycles. The van der Waals surface area contributed by atoms with Gasteiger partial charge in [-0.05, 0) is 72.4 Å². The van der Waals surface area contributed by atoms with Crippen LogP contribution < -0.4 is 15.4 Å². The fraction of sp³-hybridized carbons (Fsp3) is 0.0357. The van der Waals surface area contributed by atoms with E-state index in [4.69, 9.17) is 33.0 Å². The third kappa shape index (κ3) is 5.71. The van der Waals surface area contributed by atoms with Crippen LogP contribution in [0.2, 0.25) is 5.02 Å². The molecule has 8 heteroatoms. The molecule has 0 saturated carbocycles. The minimum Gasteiger partial charge on any atom is -0.489 e. The van der Waals surface area contributed by atoms with Crippen molar-refractivity contribution in [2.45, 2.75) is 6.61 Å². The molecule has 0 aliphatic carbocycles. The Kier molecular flexibility index (Phi) is 6.93. The molecule has 0 aliphatic rings. The molecule has 1 heterocycles. The number of halogens is 1. The highest BCUT2D eigenvalue weighted by Gasteiger charge is 2.12. The molecule has 0 spiro atoms. The molecule has 0 bridgehead atoms. The number of amides is 1. The lowest BCUT2D eigenvalue weighted by molar-refractivity contribution is 0.0977. The predicted octanol–water partition coefficient (Wildman–Crippen LogP) is 6.85. The van der Waals surface area contributed by atoms with Gasteiger partial charge in [0, 0.05) is 21.8 Å². The quantitative estimate of drug-likeness (QED) is 0.242. The smallest absolute Gasteiger partial charge is 0.257 e. The predicted molar refractivity (Wildman–Crippen MR) is 145 cm³/mol. The van der Waals surface area contributed by atoms with Crippen molar-refractivity contribution in [1.29, 1.82) is 0 Å². The highest BCUT2D eigenvalue weighted by molar-refractivity contribution is 7.80. The molecule has 5 rings (SSSR count). The van der Waals surface area contributed by atoms with E-state index in [0.717, 1.165) is 11.1 Å². The zero-order valence-electron chi connectivity index (χ0n) is 18.9. The molecule has 36 heavy (non-hydrogen) atoms. The second-order valence-corrected chi connectivity index (χ2v) is 8.77. The Balaban J connectivity index is 1.22. The standard InChI is InChI=1S/C28H20ClN3O3S/c29-21-10-4-9-20(14-21)27-31-24-16-22(12-13-25(24)35-27)30-28(36)32-26(33)19-8-5-11-23(15-19)34-17-18-6-2-1-3-7-18/h1-16H,17H2,(H2,30,32,33,36). The number of nitrogens with zero attached hydrogens (tertiary/aromatic N) is 1. The van der Waals surface area contributed by atoms with Crippen LogP contribution in [0.3, 0.4) is 0 Å². The number of anilines is 1. The average Bonchev–Trinajstić information content (AvgIpc) is 3.32. The molecule has 0 fully saturated rings. The minimum absolute atomic E-state index is 0.161. The number of rotatable bonds is 6. The number of benzene rings is 4. The third-order valence-corrected chi connectivity index (χ3v) is 5.73. The Bertz CT molecular complexity index is 1550. The zero-order valence-corrected chi connectivity index (χ0v) is 20.5. The lowest BCUT2D eigenvalue weighted by Crippen LogP contribution is -2.34. The molecule has 0 radical (unpaired) electrons. The van der Waals surface area contributed by atoms with Gasteiger partial charge in [0.1, 0.15) is 17.9 Å². The van der Waals surface area contributed by atoms with Crippen molar-refractivity contribution in [3.8, 4) is 17.2 Å². The summed E-state index contributed by atoms with van der Waals surface area (Å²) in [6, 6.07) is 29.5. The number of hydrogen-bond donors (Lipinski definition) is 2.